The van der Waals surface area contributed by atoms with Crippen molar-refractivity contribution in [3.05, 3.63) is 182 Å². The van der Waals surface area contributed by atoms with Crippen LogP contribution in [0, 0.1) is 0 Å². The molecule has 0 saturated heterocycles. The summed E-state index contributed by atoms with van der Waals surface area (Å²) in [6.45, 7) is 0. The predicted octanol–water partition coefficient (Wildman–Crippen LogP) is 15.5. The molecule has 0 spiro atoms. The summed E-state index contributed by atoms with van der Waals surface area (Å²) in [5, 5.41) is 21.0. The maximum Gasteiger partial charge on any atom is 0.0440 e. The van der Waals surface area contributed by atoms with E-state index in [-0.39, 0.29) is 0 Å². The third-order valence-electron chi connectivity index (χ3n) is 11.6. The van der Waals surface area contributed by atoms with Crippen molar-refractivity contribution in [2.75, 3.05) is 0 Å². The predicted molar refractivity (Wildman–Crippen MR) is 233 cm³/mol. The SMILES string of the molecule is c1ccc2cc(-c3ccc(-c4ccc5c(c4)c4ccccc4c4ccc6c(sc7c8ccccc8c8cc9ccccc9cc8c67)c45)cc3)ccc2c1. The summed E-state index contributed by atoms with van der Waals surface area (Å²) in [5.41, 5.74) is 4.94. The molecule has 0 N–H and O–H groups in total. The Morgan fingerprint density at radius 1 is 0.226 bits per heavy atom. The second-order valence-electron chi connectivity index (χ2n) is 14.4. The van der Waals surface area contributed by atoms with E-state index >= 15 is 0 Å². The highest BCUT2D eigenvalue weighted by molar-refractivity contribution is 7.28. The number of fused-ring (bicyclic) bond motifs is 17. The van der Waals surface area contributed by atoms with Gasteiger partial charge in [0, 0.05) is 30.9 Å². The Morgan fingerprint density at radius 3 is 1.36 bits per heavy atom. The van der Waals surface area contributed by atoms with Gasteiger partial charge in [0.2, 0.25) is 0 Å². The lowest BCUT2D eigenvalue weighted by atomic mass is 9.90. The number of thiophene rings is 1. The monoisotopic (exact) mass is 686 g/mol. The molecule has 1 heteroatoms. The van der Waals surface area contributed by atoms with Crippen LogP contribution in [0.1, 0.15) is 0 Å². The molecule has 0 amide bonds. The molecule has 0 saturated carbocycles. The van der Waals surface area contributed by atoms with Gasteiger partial charge in [-0.25, -0.2) is 0 Å². The number of hydrogen-bond donors (Lipinski definition) is 0. The Balaban J connectivity index is 1.11. The fourth-order valence-electron chi connectivity index (χ4n) is 9.04. The molecule has 0 fully saturated rings. The van der Waals surface area contributed by atoms with Gasteiger partial charge in [-0.3, -0.25) is 0 Å². The fourth-order valence-corrected chi connectivity index (χ4v) is 10.5. The molecule has 0 aliphatic carbocycles. The normalized spacial score (nSPS) is 12.2. The van der Waals surface area contributed by atoms with Crippen molar-refractivity contribution in [1.29, 1.82) is 0 Å². The van der Waals surface area contributed by atoms with Crippen LogP contribution in [0.3, 0.4) is 0 Å². The molecular weight excluding hydrogens is 657 g/mol. The first kappa shape index (κ1) is 29.1. The summed E-state index contributed by atoms with van der Waals surface area (Å²) < 4.78 is 2.74. The van der Waals surface area contributed by atoms with Crippen LogP contribution >= 0.6 is 11.3 Å². The molecule has 0 aliphatic rings. The Labute approximate surface area is 309 Å². The van der Waals surface area contributed by atoms with E-state index < -0.39 is 0 Å². The van der Waals surface area contributed by atoms with E-state index in [2.05, 4.69) is 182 Å². The van der Waals surface area contributed by atoms with Gasteiger partial charge in [0.25, 0.3) is 0 Å². The van der Waals surface area contributed by atoms with Crippen molar-refractivity contribution in [3.8, 4) is 22.3 Å². The maximum absolute atomic E-state index is 2.42. The number of hydrogen-bond acceptors (Lipinski definition) is 1. The maximum atomic E-state index is 2.42. The van der Waals surface area contributed by atoms with E-state index in [9.17, 15) is 0 Å². The molecule has 12 aromatic rings. The van der Waals surface area contributed by atoms with Gasteiger partial charge in [-0.05, 0) is 111 Å². The van der Waals surface area contributed by atoms with Crippen LogP contribution < -0.4 is 0 Å². The van der Waals surface area contributed by atoms with Crippen LogP contribution in [-0.2, 0) is 0 Å². The third kappa shape index (κ3) is 4.23. The van der Waals surface area contributed by atoms with Crippen LogP contribution in [0.15, 0.2) is 182 Å². The molecule has 11 aromatic carbocycles. The van der Waals surface area contributed by atoms with Crippen molar-refractivity contribution in [1.82, 2.24) is 0 Å². The van der Waals surface area contributed by atoms with E-state index in [1.165, 1.54) is 118 Å². The lowest BCUT2D eigenvalue weighted by Gasteiger charge is -2.13. The quantitative estimate of drug-likeness (QED) is 0.125. The zero-order chi connectivity index (χ0) is 34.6. The zero-order valence-corrected chi connectivity index (χ0v) is 29.5. The fraction of sp³-hybridized carbons (Fsp3) is 0. The molecule has 1 heterocycles. The largest absolute Gasteiger partial charge is 0.134 e. The summed E-state index contributed by atoms with van der Waals surface area (Å²) in [6, 6.07) is 67.8. The average molecular weight is 687 g/mol. The minimum absolute atomic E-state index is 1.23. The van der Waals surface area contributed by atoms with Crippen LogP contribution in [0.2, 0.25) is 0 Å². The number of rotatable bonds is 2. The van der Waals surface area contributed by atoms with Crippen molar-refractivity contribution < 1.29 is 0 Å². The van der Waals surface area contributed by atoms with Gasteiger partial charge in [-0.1, -0.05) is 158 Å². The Kier molecular flexibility index (Phi) is 6.03. The molecule has 12 rings (SSSR count). The molecule has 0 atom stereocenters. The first-order valence-corrected chi connectivity index (χ1v) is 19.1. The minimum Gasteiger partial charge on any atom is -0.134 e. The highest BCUT2D eigenvalue weighted by Gasteiger charge is 2.19. The van der Waals surface area contributed by atoms with Gasteiger partial charge in [0.15, 0.2) is 0 Å². The van der Waals surface area contributed by atoms with Crippen LogP contribution in [0.5, 0.6) is 0 Å². The van der Waals surface area contributed by atoms with Crippen molar-refractivity contribution >= 4 is 107 Å². The van der Waals surface area contributed by atoms with E-state index in [0.717, 1.165) is 0 Å². The minimum atomic E-state index is 1.23. The molecule has 1 aromatic heterocycles. The Morgan fingerprint density at radius 2 is 0.642 bits per heavy atom. The average Bonchev–Trinajstić information content (AvgIpc) is 3.63. The van der Waals surface area contributed by atoms with Gasteiger partial charge in [-0.2, -0.15) is 0 Å². The molecule has 244 valence electrons. The topological polar surface area (TPSA) is 0 Å². The summed E-state index contributed by atoms with van der Waals surface area (Å²) >= 11 is 1.96. The molecule has 53 heavy (non-hydrogen) atoms. The highest BCUT2D eigenvalue weighted by Crippen LogP contribution is 2.49. The Bertz CT molecular complexity index is 3490. The summed E-state index contributed by atoms with van der Waals surface area (Å²) in [6.07, 6.45) is 0. The van der Waals surface area contributed by atoms with Gasteiger partial charge < -0.3 is 0 Å². The van der Waals surface area contributed by atoms with Crippen molar-refractivity contribution in [2.45, 2.75) is 0 Å². The van der Waals surface area contributed by atoms with Gasteiger partial charge in [-0.15, -0.1) is 11.3 Å². The standard InChI is InChI=1S/C52H30S/c1-2-10-34-27-37(22-21-31(34)9-1)32-17-19-33(20-18-32)38-23-24-43-46(29-38)40-14-6-5-13-39(40)42-25-26-45-50-48-30-36-12-4-3-11-35(36)28-47(48)41-15-7-8-16-44(41)51(50)53-52(45)49(42)43/h1-30H. The first-order valence-electron chi connectivity index (χ1n) is 18.3. The first-order chi connectivity index (χ1) is 26.3. The molecule has 0 radical (unpaired) electrons. The van der Waals surface area contributed by atoms with E-state index in [4.69, 9.17) is 0 Å². The second-order valence-corrected chi connectivity index (χ2v) is 15.4. The highest BCUT2D eigenvalue weighted by atomic mass is 32.1. The third-order valence-corrected chi connectivity index (χ3v) is 12.8. The van der Waals surface area contributed by atoms with Crippen molar-refractivity contribution in [3.63, 3.8) is 0 Å². The lowest BCUT2D eigenvalue weighted by Crippen LogP contribution is -1.86. The summed E-state index contributed by atoms with van der Waals surface area (Å²) in [7, 11) is 0. The van der Waals surface area contributed by atoms with E-state index in [1.807, 2.05) is 11.3 Å². The Hall–Kier alpha value is -6.54. The van der Waals surface area contributed by atoms with Crippen molar-refractivity contribution in [2.24, 2.45) is 0 Å². The number of benzene rings is 11. The van der Waals surface area contributed by atoms with Gasteiger partial charge in [0.05, 0.1) is 0 Å². The summed E-state index contributed by atoms with van der Waals surface area (Å²) in [4.78, 5) is 0. The smallest absolute Gasteiger partial charge is 0.0440 e. The lowest BCUT2D eigenvalue weighted by molar-refractivity contribution is 1.62. The molecular formula is C52H30S. The molecule has 0 aliphatic heterocycles. The van der Waals surface area contributed by atoms with Crippen LogP contribution in [0.25, 0.3) is 118 Å². The van der Waals surface area contributed by atoms with E-state index in [0.29, 0.717) is 0 Å². The van der Waals surface area contributed by atoms with Gasteiger partial charge >= 0.3 is 0 Å². The van der Waals surface area contributed by atoms with Gasteiger partial charge in [0.1, 0.15) is 0 Å². The molecule has 0 bridgehead atoms. The van der Waals surface area contributed by atoms with Crippen LogP contribution in [0.4, 0.5) is 0 Å². The molecule has 0 unspecified atom stereocenters. The zero-order valence-electron chi connectivity index (χ0n) is 28.7. The summed E-state index contributed by atoms with van der Waals surface area (Å²) in [5.74, 6) is 0. The second kappa shape index (κ2) is 11.0. The molecule has 0 nitrogen and oxygen atoms in total. The van der Waals surface area contributed by atoms with Crippen LogP contribution in [-0.4, -0.2) is 0 Å². The van der Waals surface area contributed by atoms with E-state index in [1.54, 1.807) is 0 Å².